The van der Waals surface area contributed by atoms with Gasteiger partial charge in [0.2, 0.25) is 0 Å². The molecule has 0 aliphatic heterocycles. The third kappa shape index (κ3) is 4.33. The number of aryl methyl sites for hydroxylation is 2. The molecule has 2 aromatic carbocycles. The number of fused-ring (bicyclic) bond motifs is 1. The molecule has 152 valence electrons. The largest absolute Gasteiger partial charge is 0.354 e. The molecule has 0 aliphatic carbocycles. The topological polar surface area (TPSA) is 62.5 Å². The minimum absolute atomic E-state index is 0.200. The Morgan fingerprint density at radius 3 is 2.57 bits per heavy atom. The fraction of sp³-hybridized carbons (Fsp3) is 0.208. The smallest absolute Gasteiger partial charge is 0.272 e. The molecule has 0 aliphatic rings. The van der Waals surface area contributed by atoms with Crippen LogP contribution in [0.3, 0.4) is 0 Å². The normalized spacial score (nSPS) is 10.9. The Morgan fingerprint density at radius 2 is 1.80 bits per heavy atom. The van der Waals surface area contributed by atoms with Gasteiger partial charge in [-0.2, -0.15) is 5.10 Å². The standard InChI is InChI=1S/C24H25N5O/c1-17-8-7-11-20(12-17)14-25-24(30)21-13-22-23(26-18(2)15-29(22)27-21)28(3)16-19-9-5-4-6-10-19/h4-13,15H,14,16H2,1-3H3,(H,25,30). The molecule has 1 N–H and O–H groups in total. The Morgan fingerprint density at radius 1 is 1.03 bits per heavy atom. The average Bonchev–Trinajstić information content (AvgIpc) is 3.16. The van der Waals surface area contributed by atoms with Crippen LogP contribution in [0.2, 0.25) is 0 Å². The molecule has 0 spiro atoms. The van der Waals surface area contributed by atoms with Crippen LogP contribution in [0.25, 0.3) is 5.52 Å². The predicted molar refractivity (Wildman–Crippen MR) is 119 cm³/mol. The fourth-order valence-corrected chi connectivity index (χ4v) is 3.51. The lowest BCUT2D eigenvalue weighted by Gasteiger charge is -2.19. The summed E-state index contributed by atoms with van der Waals surface area (Å²) in [4.78, 5) is 19.5. The van der Waals surface area contributed by atoms with Crippen molar-refractivity contribution in [2.75, 3.05) is 11.9 Å². The van der Waals surface area contributed by atoms with Crippen LogP contribution < -0.4 is 10.2 Å². The highest BCUT2D eigenvalue weighted by Gasteiger charge is 2.16. The van der Waals surface area contributed by atoms with Gasteiger partial charge in [-0.05, 0) is 25.0 Å². The van der Waals surface area contributed by atoms with E-state index in [2.05, 4.69) is 33.5 Å². The SMILES string of the molecule is Cc1cccc(CNC(=O)c2cc3c(N(C)Cc4ccccc4)nc(C)cn3n2)c1. The first-order valence-electron chi connectivity index (χ1n) is 9.95. The van der Waals surface area contributed by atoms with Crippen molar-refractivity contribution in [3.05, 3.63) is 94.9 Å². The molecule has 0 saturated heterocycles. The number of hydrogen-bond donors (Lipinski definition) is 1. The molecular formula is C24H25N5O. The number of carbonyl (C=O) groups excluding carboxylic acids is 1. The minimum Gasteiger partial charge on any atom is -0.354 e. The number of carbonyl (C=O) groups is 1. The van der Waals surface area contributed by atoms with Crippen molar-refractivity contribution < 1.29 is 4.79 Å². The lowest BCUT2D eigenvalue weighted by molar-refractivity contribution is 0.0945. The molecule has 4 aromatic rings. The van der Waals surface area contributed by atoms with Crippen molar-refractivity contribution in [2.24, 2.45) is 0 Å². The van der Waals surface area contributed by atoms with Crippen LogP contribution in [-0.4, -0.2) is 27.6 Å². The quantitative estimate of drug-likeness (QED) is 0.534. The van der Waals surface area contributed by atoms with Gasteiger partial charge in [0, 0.05) is 26.2 Å². The monoisotopic (exact) mass is 399 g/mol. The zero-order valence-electron chi connectivity index (χ0n) is 17.5. The van der Waals surface area contributed by atoms with Crippen LogP contribution in [0.5, 0.6) is 0 Å². The summed E-state index contributed by atoms with van der Waals surface area (Å²) in [7, 11) is 2.00. The van der Waals surface area contributed by atoms with Crippen LogP contribution in [0, 0.1) is 13.8 Å². The zero-order chi connectivity index (χ0) is 21.1. The van der Waals surface area contributed by atoms with Gasteiger partial charge in [0.1, 0.15) is 5.52 Å². The van der Waals surface area contributed by atoms with E-state index >= 15 is 0 Å². The van der Waals surface area contributed by atoms with Gasteiger partial charge in [0.15, 0.2) is 11.5 Å². The first kappa shape index (κ1) is 19.6. The number of benzene rings is 2. The lowest BCUT2D eigenvalue weighted by Crippen LogP contribution is -2.23. The van der Waals surface area contributed by atoms with E-state index in [-0.39, 0.29) is 5.91 Å². The minimum atomic E-state index is -0.200. The number of anilines is 1. The van der Waals surface area contributed by atoms with E-state index in [9.17, 15) is 4.79 Å². The molecule has 2 aromatic heterocycles. The van der Waals surface area contributed by atoms with Crippen LogP contribution in [0.1, 0.15) is 32.9 Å². The summed E-state index contributed by atoms with van der Waals surface area (Å²) in [5, 5.41) is 7.45. The second-order valence-electron chi connectivity index (χ2n) is 7.58. The summed E-state index contributed by atoms with van der Waals surface area (Å²) < 4.78 is 1.74. The van der Waals surface area contributed by atoms with E-state index in [4.69, 9.17) is 4.98 Å². The zero-order valence-corrected chi connectivity index (χ0v) is 17.5. The Balaban J connectivity index is 1.57. The number of amides is 1. The van der Waals surface area contributed by atoms with Gasteiger partial charge in [-0.1, -0.05) is 60.2 Å². The van der Waals surface area contributed by atoms with E-state index in [0.29, 0.717) is 18.8 Å². The third-order valence-electron chi connectivity index (χ3n) is 4.95. The van der Waals surface area contributed by atoms with Crippen molar-refractivity contribution >= 4 is 17.2 Å². The Bertz CT molecular complexity index is 1180. The summed E-state index contributed by atoms with van der Waals surface area (Å²) >= 11 is 0. The third-order valence-corrected chi connectivity index (χ3v) is 4.95. The Hall–Kier alpha value is -3.67. The molecule has 0 unspecified atom stereocenters. The molecular weight excluding hydrogens is 374 g/mol. The summed E-state index contributed by atoms with van der Waals surface area (Å²) in [5.41, 5.74) is 5.45. The second kappa shape index (κ2) is 8.37. The van der Waals surface area contributed by atoms with Gasteiger partial charge in [-0.15, -0.1) is 0 Å². The van der Waals surface area contributed by atoms with Gasteiger partial charge in [-0.3, -0.25) is 4.79 Å². The van der Waals surface area contributed by atoms with Crippen molar-refractivity contribution in [2.45, 2.75) is 26.9 Å². The van der Waals surface area contributed by atoms with E-state index in [1.807, 2.05) is 63.5 Å². The van der Waals surface area contributed by atoms with E-state index in [0.717, 1.165) is 22.6 Å². The average molecular weight is 399 g/mol. The van der Waals surface area contributed by atoms with Crippen LogP contribution in [0.15, 0.2) is 66.9 Å². The maximum absolute atomic E-state index is 12.7. The molecule has 30 heavy (non-hydrogen) atoms. The molecule has 0 saturated carbocycles. The van der Waals surface area contributed by atoms with Crippen LogP contribution >= 0.6 is 0 Å². The summed E-state index contributed by atoms with van der Waals surface area (Å²) in [6, 6.07) is 20.1. The van der Waals surface area contributed by atoms with Gasteiger partial charge in [-0.25, -0.2) is 9.50 Å². The van der Waals surface area contributed by atoms with E-state index < -0.39 is 0 Å². The van der Waals surface area contributed by atoms with Crippen molar-refractivity contribution in [1.82, 2.24) is 19.9 Å². The summed E-state index contributed by atoms with van der Waals surface area (Å²) in [6.45, 7) is 5.15. The molecule has 2 heterocycles. The highest BCUT2D eigenvalue weighted by molar-refractivity contribution is 5.94. The molecule has 6 nitrogen and oxygen atoms in total. The number of aromatic nitrogens is 3. The Kier molecular flexibility index (Phi) is 5.48. The molecule has 6 heteroatoms. The van der Waals surface area contributed by atoms with Crippen molar-refractivity contribution in [1.29, 1.82) is 0 Å². The second-order valence-corrected chi connectivity index (χ2v) is 7.58. The summed E-state index contributed by atoms with van der Waals surface area (Å²) in [5.74, 6) is 0.596. The van der Waals surface area contributed by atoms with Crippen LogP contribution in [-0.2, 0) is 13.1 Å². The number of nitrogens with zero attached hydrogens (tertiary/aromatic N) is 4. The van der Waals surface area contributed by atoms with E-state index in [1.165, 1.54) is 11.1 Å². The fourth-order valence-electron chi connectivity index (χ4n) is 3.51. The van der Waals surface area contributed by atoms with Gasteiger partial charge in [0.25, 0.3) is 5.91 Å². The molecule has 0 bridgehead atoms. The van der Waals surface area contributed by atoms with Gasteiger partial charge >= 0.3 is 0 Å². The molecule has 0 atom stereocenters. The first-order chi connectivity index (χ1) is 14.5. The molecule has 4 rings (SSSR count). The van der Waals surface area contributed by atoms with Gasteiger partial charge < -0.3 is 10.2 Å². The predicted octanol–water partition coefficient (Wildman–Crippen LogP) is 3.91. The van der Waals surface area contributed by atoms with Gasteiger partial charge in [0.05, 0.1) is 11.9 Å². The maximum Gasteiger partial charge on any atom is 0.272 e. The van der Waals surface area contributed by atoms with Crippen LogP contribution in [0.4, 0.5) is 5.82 Å². The van der Waals surface area contributed by atoms with Crippen molar-refractivity contribution in [3.8, 4) is 0 Å². The first-order valence-corrected chi connectivity index (χ1v) is 9.95. The highest BCUT2D eigenvalue weighted by atomic mass is 16.1. The molecule has 1 amide bonds. The lowest BCUT2D eigenvalue weighted by atomic mass is 10.1. The van der Waals surface area contributed by atoms with E-state index in [1.54, 1.807) is 10.6 Å². The highest BCUT2D eigenvalue weighted by Crippen LogP contribution is 2.22. The molecule has 0 radical (unpaired) electrons. The number of nitrogens with one attached hydrogen (secondary N) is 1. The number of rotatable bonds is 6. The van der Waals surface area contributed by atoms with Crippen molar-refractivity contribution in [3.63, 3.8) is 0 Å². The Labute approximate surface area is 176 Å². The summed E-state index contributed by atoms with van der Waals surface area (Å²) in [6.07, 6.45) is 1.84. The maximum atomic E-state index is 12.7. The number of hydrogen-bond acceptors (Lipinski definition) is 4. The molecule has 0 fully saturated rings.